The predicted molar refractivity (Wildman–Crippen MR) is 141 cm³/mol. The molecule has 8 nitrogen and oxygen atoms in total. The number of rotatable bonds is 11. The van der Waals surface area contributed by atoms with Crippen LogP contribution in [0.15, 0.2) is 77.7 Å². The number of amides is 2. The molecule has 0 unspecified atom stereocenters. The van der Waals surface area contributed by atoms with E-state index in [1.807, 2.05) is 6.92 Å². The van der Waals surface area contributed by atoms with Gasteiger partial charge >= 0.3 is 0 Å². The van der Waals surface area contributed by atoms with Crippen LogP contribution in [0.1, 0.15) is 30.6 Å². The minimum absolute atomic E-state index is 0.0367. The largest absolute Gasteiger partial charge is 0.492 e. The maximum absolute atomic E-state index is 13.7. The molecule has 10 heteroatoms. The zero-order valence-electron chi connectivity index (χ0n) is 20.0. The molecule has 3 aromatic rings. The average Bonchev–Trinajstić information content (AvgIpc) is 2.87. The minimum Gasteiger partial charge on any atom is -0.492 e. The third-order valence-corrected chi connectivity index (χ3v) is 7.13. The topological polar surface area (TPSA) is 105 Å². The molecule has 0 aliphatic carbocycles. The van der Waals surface area contributed by atoms with E-state index in [2.05, 4.69) is 10.6 Å². The van der Waals surface area contributed by atoms with Gasteiger partial charge in [0, 0.05) is 11.6 Å². The van der Waals surface area contributed by atoms with E-state index in [9.17, 15) is 18.0 Å². The van der Waals surface area contributed by atoms with E-state index in [4.69, 9.17) is 16.3 Å². The van der Waals surface area contributed by atoms with Crippen LogP contribution in [0.2, 0.25) is 5.02 Å². The van der Waals surface area contributed by atoms with Crippen molar-refractivity contribution in [2.45, 2.75) is 25.2 Å². The Balaban J connectivity index is 1.97. The summed E-state index contributed by atoms with van der Waals surface area (Å²) in [7, 11) is -4.18. The number of hydrogen-bond acceptors (Lipinski definition) is 5. The molecule has 0 radical (unpaired) electrons. The van der Waals surface area contributed by atoms with Crippen LogP contribution in [0, 0.1) is 0 Å². The van der Waals surface area contributed by atoms with Crippen molar-refractivity contribution in [2.24, 2.45) is 0 Å². The molecule has 0 spiro atoms. The number of nitrogens with one attached hydrogen (secondary N) is 2. The molecule has 0 bridgehead atoms. The molecular formula is C26H28ClN3O5S. The monoisotopic (exact) mass is 529 g/mol. The number of benzene rings is 3. The number of anilines is 2. The number of para-hydroxylation sites is 3. The maximum atomic E-state index is 13.7. The zero-order valence-corrected chi connectivity index (χ0v) is 21.6. The highest BCUT2D eigenvalue weighted by molar-refractivity contribution is 7.92. The van der Waals surface area contributed by atoms with E-state index in [1.165, 1.54) is 24.3 Å². The fourth-order valence-corrected chi connectivity index (χ4v) is 4.98. The van der Waals surface area contributed by atoms with Gasteiger partial charge in [0.1, 0.15) is 12.3 Å². The quantitative estimate of drug-likeness (QED) is 0.374. The first kappa shape index (κ1) is 27.0. The van der Waals surface area contributed by atoms with Crippen LogP contribution in [0.4, 0.5) is 11.4 Å². The van der Waals surface area contributed by atoms with Crippen LogP contribution in [-0.4, -0.2) is 39.9 Å². The van der Waals surface area contributed by atoms with Gasteiger partial charge in [-0.05, 0) is 61.9 Å². The summed E-state index contributed by atoms with van der Waals surface area (Å²) >= 11 is 5.95. The van der Waals surface area contributed by atoms with Crippen LogP contribution in [-0.2, 0) is 14.8 Å². The fraction of sp³-hybridized carbons (Fsp3) is 0.231. The molecule has 36 heavy (non-hydrogen) atoms. The Morgan fingerprint density at radius 2 is 1.61 bits per heavy atom. The molecule has 2 N–H and O–H groups in total. The lowest BCUT2D eigenvalue weighted by molar-refractivity contribution is -0.114. The first-order chi connectivity index (χ1) is 17.3. The third kappa shape index (κ3) is 6.56. The summed E-state index contributed by atoms with van der Waals surface area (Å²) in [6.07, 6.45) is 0.761. The second-order valence-corrected chi connectivity index (χ2v) is 10.0. The molecule has 0 aliphatic rings. The third-order valence-electron chi connectivity index (χ3n) is 5.10. The minimum atomic E-state index is -4.18. The number of carbonyl (C=O) groups excluding carboxylic acids is 2. The summed E-state index contributed by atoms with van der Waals surface area (Å²) in [5.74, 6) is -0.653. The van der Waals surface area contributed by atoms with Crippen molar-refractivity contribution in [3.63, 3.8) is 0 Å². The van der Waals surface area contributed by atoms with Gasteiger partial charge in [0.2, 0.25) is 5.91 Å². The first-order valence-corrected chi connectivity index (χ1v) is 13.3. The Kier molecular flexibility index (Phi) is 9.32. The Morgan fingerprint density at radius 1 is 0.944 bits per heavy atom. The molecule has 0 saturated heterocycles. The number of nitrogens with zero attached hydrogens (tertiary/aromatic N) is 1. The van der Waals surface area contributed by atoms with Gasteiger partial charge in [0.05, 0.1) is 28.4 Å². The van der Waals surface area contributed by atoms with E-state index in [1.54, 1.807) is 55.5 Å². The molecule has 0 aliphatic heterocycles. The summed E-state index contributed by atoms with van der Waals surface area (Å²) in [4.78, 5) is 25.7. The predicted octanol–water partition coefficient (Wildman–Crippen LogP) is 4.71. The van der Waals surface area contributed by atoms with Gasteiger partial charge in [0.15, 0.2) is 0 Å². The van der Waals surface area contributed by atoms with Crippen molar-refractivity contribution < 1.29 is 22.7 Å². The first-order valence-electron chi connectivity index (χ1n) is 11.4. The Morgan fingerprint density at radius 3 is 2.31 bits per heavy atom. The van der Waals surface area contributed by atoms with E-state index < -0.39 is 22.5 Å². The molecule has 0 atom stereocenters. The van der Waals surface area contributed by atoms with Gasteiger partial charge in [-0.15, -0.1) is 0 Å². The second-order valence-electron chi connectivity index (χ2n) is 7.72. The smallest absolute Gasteiger partial charge is 0.264 e. The van der Waals surface area contributed by atoms with E-state index in [0.717, 1.165) is 10.7 Å². The van der Waals surface area contributed by atoms with Gasteiger partial charge in [-0.2, -0.15) is 0 Å². The molecule has 2 amide bonds. The maximum Gasteiger partial charge on any atom is 0.264 e. The normalized spacial score (nSPS) is 11.0. The Hall–Kier alpha value is -3.56. The summed E-state index contributed by atoms with van der Waals surface area (Å²) in [6, 6.07) is 18.8. The average molecular weight is 530 g/mol. The number of halogens is 1. The molecule has 0 fully saturated rings. The number of carbonyl (C=O) groups is 2. The van der Waals surface area contributed by atoms with Crippen molar-refractivity contribution >= 4 is 44.8 Å². The van der Waals surface area contributed by atoms with Crippen molar-refractivity contribution in [3.8, 4) is 5.75 Å². The van der Waals surface area contributed by atoms with Gasteiger partial charge in [-0.25, -0.2) is 8.42 Å². The molecule has 0 heterocycles. The van der Waals surface area contributed by atoms with Crippen LogP contribution < -0.4 is 19.7 Å². The van der Waals surface area contributed by atoms with Crippen LogP contribution in [0.5, 0.6) is 5.75 Å². The van der Waals surface area contributed by atoms with Crippen LogP contribution >= 0.6 is 11.6 Å². The number of ether oxygens (including phenoxy) is 1. The lowest BCUT2D eigenvalue weighted by Gasteiger charge is -2.26. The van der Waals surface area contributed by atoms with Crippen LogP contribution in [0.3, 0.4) is 0 Å². The van der Waals surface area contributed by atoms with E-state index in [-0.39, 0.29) is 27.7 Å². The Labute approximate surface area is 216 Å². The van der Waals surface area contributed by atoms with E-state index >= 15 is 0 Å². The summed E-state index contributed by atoms with van der Waals surface area (Å²) < 4.78 is 34.0. The molecule has 3 rings (SSSR count). The van der Waals surface area contributed by atoms with E-state index in [0.29, 0.717) is 23.9 Å². The lowest BCUT2D eigenvalue weighted by Crippen LogP contribution is -2.38. The van der Waals surface area contributed by atoms with Crippen molar-refractivity contribution in [1.82, 2.24) is 5.32 Å². The van der Waals surface area contributed by atoms with Crippen molar-refractivity contribution in [3.05, 3.63) is 83.4 Å². The molecule has 0 aromatic heterocycles. The summed E-state index contributed by atoms with van der Waals surface area (Å²) in [5.41, 5.74) is 0.762. The molecule has 3 aromatic carbocycles. The molecular weight excluding hydrogens is 502 g/mol. The van der Waals surface area contributed by atoms with Gasteiger partial charge in [-0.3, -0.25) is 13.9 Å². The lowest BCUT2D eigenvalue weighted by atomic mass is 10.1. The van der Waals surface area contributed by atoms with Crippen molar-refractivity contribution in [2.75, 3.05) is 29.3 Å². The SMILES string of the molecule is CCCNC(=O)c1ccccc1NC(=O)CN(c1ccccc1OCC)S(=O)(=O)c1ccc(Cl)cc1. The number of hydrogen-bond donors (Lipinski definition) is 2. The van der Waals surface area contributed by atoms with Crippen molar-refractivity contribution in [1.29, 1.82) is 0 Å². The standard InChI is InChI=1S/C26H28ClN3O5S/c1-3-17-28-26(32)21-9-5-6-10-22(21)29-25(31)18-30(23-11-7-8-12-24(23)35-4-2)36(33,34)20-15-13-19(27)14-16-20/h5-16H,3-4,17-18H2,1-2H3,(H,28,32)(H,29,31). The zero-order chi connectivity index (χ0) is 26.1. The molecule has 0 saturated carbocycles. The Bertz CT molecular complexity index is 1310. The molecule has 190 valence electrons. The summed E-state index contributed by atoms with van der Waals surface area (Å²) in [5, 5.41) is 5.84. The summed E-state index contributed by atoms with van der Waals surface area (Å²) in [6.45, 7) is 3.95. The highest BCUT2D eigenvalue weighted by atomic mass is 35.5. The van der Waals surface area contributed by atoms with Gasteiger partial charge in [0.25, 0.3) is 15.9 Å². The van der Waals surface area contributed by atoms with Gasteiger partial charge < -0.3 is 15.4 Å². The highest BCUT2D eigenvalue weighted by Gasteiger charge is 2.30. The second kappa shape index (κ2) is 12.4. The highest BCUT2D eigenvalue weighted by Crippen LogP contribution is 2.33. The van der Waals surface area contributed by atoms with Crippen LogP contribution in [0.25, 0.3) is 0 Å². The fourth-order valence-electron chi connectivity index (χ4n) is 3.42. The van der Waals surface area contributed by atoms with Gasteiger partial charge in [-0.1, -0.05) is 42.8 Å². The number of sulfonamides is 1.